The first-order chi connectivity index (χ1) is 15.3. The first-order valence-electron chi connectivity index (χ1n) is 9.73. The molecule has 0 radical (unpaired) electrons. The Balaban J connectivity index is 1.82. The minimum Gasteiger partial charge on any atom is -0.345 e. The van der Waals surface area contributed by atoms with Crippen LogP contribution in [0.1, 0.15) is 29.3 Å². The van der Waals surface area contributed by atoms with Crippen molar-refractivity contribution in [1.82, 2.24) is 19.7 Å². The van der Waals surface area contributed by atoms with E-state index in [4.69, 9.17) is 0 Å². The molecule has 0 saturated heterocycles. The molecule has 32 heavy (non-hydrogen) atoms. The van der Waals surface area contributed by atoms with E-state index in [1.54, 1.807) is 43.7 Å². The quantitative estimate of drug-likeness (QED) is 0.412. The van der Waals surface area contributed by atoms with Crippen molar-refractivity contribution in [2.75, 3.05) is 6.54 Å². The fourth-order valence-electron chi connectivity index (χ4n) is 3.28. The van der Waals surface area contributed by atoms with Gasteiger partial charge in [0.15, 0.2) is 5.82 Å². The van der Waals surface area contributed by atoms with Gasteiger partial charge in [0.25, 0.3) is 0 Å². The molecule has 0 bridgehead atoms. The summed E-state index contributed by atoms with van der Waals surface area (Å²) in [5.41, 5.74) is 0.758. The summed E-state index contributed by atoms with van der Waals surface area (Å²) in [5, 5.41) is 0.340. The van der Waals surface area contributed by atoms with Gasteiger partial charge in [0, 0.05) is 53.4 Å². The summed E-state index contributed by atoms with van der Waals surface area (Å²) in [6.07, 6.45) is 6.59. The van der Waals surface area contributed by atoms with Crippen molar-refractivity contribution in [2.45, 2.75) is 18.2 Å². The lowest BCUT2D eigenvalue weighted by atomic mass is 10.0. The van der Waals surface area contributed by atoms with Crippen LogP contribution in [0.25, 0.3) is 22.2 Å². The van der Waals surface area contributed by atoms with Gasteiger partial charge >= 0.3 is 0 Å². The fraction of sp³-hybridized carbons (Fsp3) is 0.136. The number of hydrogen-bond donors (Lipinski definition) is 2. The van der Waals surface area contributed by atoms with Crippen molar-refractivity contribution in [3.05, 3.63) is 77.9 Å². The van der Waals surface area contributed by atoms with Gasteiger partial charge in [-0.25, -0.2) is 26.9 Å². The highest BCUT2D eigenvalue weighted by Crippen LogP contribution is 2.29. The monoisotopic (exact) mass is 456 g/mol. The second-order valence-electron chi connectivity index (χ2n) is 7.03. The van der Waals surface area contributed by atoms with Gasteiger partial charge in [-0.15, -0.1) is 0 Å². The average molecular weight is 456 g/mol. The molecule has 10 heteroatoms. The van der Waals surface area contributed by atoms with Crippen LogP contribution in [0.5, 0.6) is 0 Å². The number of fused-ring (bicyclic) bond motifs is 1. The number of ketones is 1. The minimum atomic E-state index is -4.25. The topological polar surface area (TPSA) is 105 Å². The molecule has 1 aromatic carbocycles. The number of nitrogens with zero attached hydrogens (tertiary/aromatic N) is 2. The van der Waals surface area contributed by atoms with Gasteiger partial charge in [-0.2, -0.15) is 0 Å². The number of halogens is 2. The Morgan fingerprint density at radius 2 is 1.97 bits per heavy atom. The van der Waals surface area contributed by atoms with Crippen LogP contribution in [0.15, 0.2) is 60.0 Å². The van der Waals surface area contributed by atoms with E-state index >= 15 is 4.39 Å². The lowest BCUT2D eigenvalue weighted by Crippen LogP contribution is -2.26. The number of benzene rings is 1. The summed E-state index contributed by atoms with van der Waals surface area (Å²) in [4.78, 5) is 23.5. The lowest BCUT2D eigenvalue weighted by molar-refractivity contribution is 0.103. The highest BCUT2D eigenvalue weighted by molar-refractivity contribution is 7.89. The Bertz CT molecular complexity index is 1420. The van der Waals surface area contributed by atoms with E-state index in [2.05, 4.69) is 19.7 Å². The average Bonchev–Trinajstić information content (AvgIpc) is 3.21. The normalized spacial score (nSPS) is 11.7. The third-order valence-electron chi connectivity index (χ3n) is 4.88. The number of pyridine rings is 2. The molecule has 0 amide bonds. The van der Waals surface area contributed by atoms with Gasteiger partial charge in [-0.3, -0.25) is 9.78 Å². The molecule has 0 aliphatic carbocycles. The van der Waals surface area contributed by atoms with E-state index in [9.17, 15) is 17.6 Å². The van der Waals surface area contributed by atoms with Crippen molar-refractivity contribution in [1.29, 1.82) is 0 Å². The van der Waals surface area contributed by atoms with Gasteiger partial charge in [0.2, 0.25) is 15.8 Å². The number of aromatic nitrogens is 3. The van der Waals surface area contributed by atoms with Crippen molar-refractivity contribution in [3.8, 4) is 11.1 Å². The number of hydrogen-bond acceptors (Lipinski definition) is 5. The van der Waals surface area contributed by atoms with Gasteiger partial charge in [-0.05, 0) is 30.7 Å². The third kappa shape index (κ3) is 3.90. The number of H-pyrrole nitrogens is 1. The van der Waals surface area contributed by atoms with Crippen LogP contribution in [0.3, 0.4) is 0 Å². The Labute approximate surface area is 182 Å². The number of aromatic amines is 1. The number of rotatable bonds is 7. The van der Waals surface area contributed by atoms with Crippen molar-refractivity contribution < 1.29 is 22.0 Å². The summed E-state index contributed by atoms with van der Waals surface area (Å²) >= 11 is 0. The van der Waals surface area contributed by atoms with Crippen molar-refractivity contribution >= 4 is 26.8 Å². The highest BCUT2D eigenvalue weighted by atomic mass is 32.2. The zero-order valence-corrected chi connectivity index (χ0v) is 17.7. The van der Waals surface area contributed by atoms with E-state index in [1.165, 1.54) is 6.20 Å². The first-order valence-corrected chi connectivity index (χ1v) is 11.2. The largest absolute Gasteiger partial charge is 0.345 e. The first kappa shape index (κ1) is 21.7. The van der Waals surface area contributed by atoms with E-state index in [1.807, 2.05) is 0 Å². The molecule has 0 unspecified atom stereocenters. The summed E-state index contributed by atoms with van der Waals surface area (Å²) in [5.74, 6) is -3.60. The maximum atomic E-state index is 15.1. The molecule has 3 heterocycles. The number of carbonyl (C=O) groups excluding carboxylic acids is 1. The van der Waals surface area contributed by atoms with Crippen LogP contribution in [0, 0.1) is 11.6 Å². The second-order valence-corrected chi connectivity index (χ2v) is 8.76. The summed E-state index contributed by atoms with van der Waals surface area (Å²) < 4.78 is 56.7. The molecule has 164 valence electrons. The van der Waals surface area contributed by atoms with Crippen LogP contribution in [0.2, 0.25) is 0 Å². The van der Waals surface area contributed by atoms with Crippen molar-refractivity contribution in [2.24, 2.45) is 0 Å². The minimum absolute atomic E-state index is 0.0351. The van der Waals surface area contributed by atoms with Crippen LogP contribution in [-0.2, 0) is 10.0 Å². The molecule has 0 aliphatic rings. The number of carbonyl (C=O) groups is 1. The maximum absolute atomic E-state index is 15.1. The molecule has 0 spiro atoms. The van der Waals surface area contributed by atoms with E-state index in [-0.39, 0.29) is 12.1 Å². The van der Waals surface area contributed by atoms with Crippen LogP contribution < -0.4 is 4.72 Å². The maximum Gasteiger partial charge on any atom is 0.243 e. The van der Waals surface area contributed by atoms with Gasteiger partial charge in [-0.1, -0.05) is 13.0 Å². The highest BCUT2D eigenvalue weighted by Gasteiger charge is 2.28. The van der Waals surface area contributed by atoms with E-state index in [0.717, 1.165) is 17.7 Å². The SMILES string of the molecule is CCCNS(=O)(=O)c1ccc(F)c(C(=O)c2c[nH]c3ncc(-c4cccnc4)cc23)c1F. The molecule has 0 saturated carbocycles. The van der Waals surface area contributed by atoms with Crippen LogP contribution in [0.4, 0.5) is 8.78 Å². The predicted molar refractivity (Wildman–Crippen MR) is 115 cm³/mol. The molecule has 7 nitrogen and oxygen atoms in total. The van der Waals surface area contributed by atoms with Crippen LogP contribution in [-0.4, -0.2) is 35.7 Å². The standard InChI is InChI=1S/C22H18F2N4O3S/c1-2-7-28-32(30,31)18-6-5-17(23)19(20(18)24)21(29)16-12-27-22-15(16)9-14(11-26-22)13-4-3-8-25-10-13/h3-6,8-12,28H,2,7H2,1H3,(H,26,27). The van der Waals surface area contributed by atoms with Gasteiger partial charge < -0.3 is 4.98 Å². The molecule has 4 rings (SSSR count). The molecular formula is C22H18F2N4O3S. The second kappa shape index (κ2) is 8.56. The van der Waals surface area contributed by atoms with Crippen molar-refractivity contribution in [3.63, 3.8) is 0 Å². The Morgan fingerprint density at radius 1 is 1.16 bits per heavy atom. The summed E-state index contributed by atoms with van der Waals surface area (Å²) in [6, 6.07) is 6.77. The third-order valence-corrected chi connectivity index (χ3v) is 6.36. The Kier molecular flexibility index (Phi) is 5.81. The number of nitrogens with one attached hydrogen (secondary N) is 2. The Hall–Kier alpha value is -3.50. The molecular weight excluding hydrogens is 438 g/mol. The fourth-order valence-corrected chi connectivity index (χ4v) is 4.49. The smallest absolute Gasteiger partial charge is 0.243 e. The Morgan fingerprint density at radius 3 is 2.69 bits per heavy atom. The molecule has 2 N–H and O–H groups in total. The van der Waals surface area contributed by atoms with Gasteiger partial charge in [0.05, 0.1) is 5.56 Å². The molecule has 0 aliphatic heterocycles. The molecule has 3 aromatic heterocycles. The lowest BCUT2D eigenvalue weighted by Gasteiger charge is -2.10. The zero-order valence-electron chi connectivity index (χ0n) is 16.9. The number of sulfonamides is 1. The van der Waals surface area contributed by atoms with E-state index in [0.29, 0.717) is 23.0 Å². The molecule has 4 aromatic rings. The summed E-state index contributed by atoms with van der Waals surface area (Å²) in [7, 11) is -4.25. The zero-order chi connectivity index (χ0) is 22.9. The molecule has 0 fully saturated rings. The summed E-state index contributed by atoms with van der Waals surface area (Å²) in [6.45, 7) is 1.82. The van der Waals surface area contributed by atoms with Crippen LogP contribution >= 0.6 is 0 Å². The molecule has 0 atom stereocenters. The predicted octanol–water partition coefficient (Wildman–Crippen LogP) is 3.82. The van der Waals surface area contributed by atoms with E-state index < -0.39 is 37.9 Å². The van der Waals surface area contributed by atoms with Gasteiger partial charge in [0.1, 0.15) is 16.4 Å².